The minimum Gasteiger partial charge on any atom is -0.274 e. The van der Waals surface area contributed by atoms with Gasteiger partial charge in [-0.2, -0.15) is 0 Å². The molecule has 5 aliphatic rings. The molecule has 118 valence electrons. The molecule has 2 bridgehead atoms. The summed E-state index contributed by atoms with van der Waals surface area (Å²) in [6.45, 7) is 3.94. The van der Waals surface area contributed by atoms with Crippen LogP contribution in [0, 0.1) is 49.4 Å². The molecule has 4 heteroatoms. The zero-order chi connectivity index (χ0) is 16.0. The topological polar surface area (TPSA) is 37.4 Å². The molecule has 6 rings (SSSR count). The van der Waals surface area contributed by atoms with E-state index in [0.29, 0.717) is 11.8 Å². The highest BCUT2D eigenvalue weighted by Gasteiger charge is 2.67. The molecule has 2 amide bonds. The lowest BCUT2D eigenvalue weighted by Gasteiger charge is -2.37. The van der Waals surface area contributed by atoms with Crippen LogP contribution in [-0.4, -0.2) is 11.8 Å². The zero-order valence-corrected chi connectivity index (χ0v) is 14.7. The highest BCUT2D eigenvalue weighted by Crippen LogP contribution is 2.65. The van der Waals surface area contributed by atoms with E-state index in [2.05, 4.69) is 28.1 Å². The first-order valence-electron chi connectivity index (χ1n) is 8.32. The Morgan fingerprint density at radius 1 is 0.957 bits per heavy atom. The molecule has 1 aromatic carbocycles. The number of benzene rings is 1. The first-order chi connectivity index (χ1) is 11.0. The molecular weight excluding hydrogens is 354 g/mol. The predicted octanol–water partition coefficient (Wildman–Crippen LogP) is 3.62. The van der Waals surface area contributed by atoms with Crippen molar-refractivity contribution in [1.29, 1.82) is 0 Å². The van der Waals surface area contributed by atoms with Gasteiger partial charge in [0, 0.05) is 4.47 Å². The molecule has 0 N–H and O–H groups in total. The van der Waals surface area contributed by atoms with Crippen molar-refractivity contribution in [3.63, 3.8) is 0 Å². The lowest BCUT2D eigenvalue weighted by atomic mass is 9.63. The van der Waals surface area contributed by atoms with Gasteiger partial charge in [-0.15, -0.1) is 0 Å². The van der Waals surface area contributed by atoms with Crippen molar-refractivity contribution in [2.24, 2.45) is 35.5 Å². The highest BCUT2D eigenvalue weighted by atomic mass is 79.9. The maximum atomic E-state index is 13.2. The van der Waals surface area contributed by atoms with Crippen molar-refractivity contribution < 1.29 is 9.59 Å². The molecule has 0 aromatic heterocycles. The average Bonchev–Trinajstić information content (AvgIpc) is 3.26. The van der Waals surface area contributed by atoms with E-state index in [-0.39, 0.29) is 35.5 Å². The summed E-state index contributed by atoms with van der Waals surface area (Å²) >= 11 is 3.49. The second kappa shape index (κ2) is 4.35. The maximum absolute atomic E-state index is 13.2. The maximum Gasteiger partial charge on any atom is 0.238 e. The Balaban J connectivity index is 1.63. The van der Waals surface area contributed by atoms with Crippen molar-refractivity contribution in [3.05, 3.63) is 39.9 Å². The first-order valence-corrected chi connectivity index (χ1v) is 9.11. The number of carbonyl (C=O) groups is 2. The molecule has 4 aliphatic carbocycles. The monoisotopic (exact) mass is 371 g/mol. The molecule has 0 spiro atoms. The summed E-state index contributed by atoms with van der Waals surface area (Å²) in [5.41, 5.74) is 2.75. The van der Waals surface area contributed by atoms with Crippen LogP contribution < -0.4 is 4.90 Å². The van der Waals surface area contributed by atoms with Crippen LogP contribution in [0.25, 0.3) is 0 Å². The van der Waals surface area contributed by atoms with E-state index < -0.39 is 0 Å². The fourth-order valence-electron chi connectivity index (χ4n) is 5.43. The van der Waals surface area contributed by atoms with Crippen molar-refractivity contribution in [2.75, 3.05) is 4.90 Å². The number of amides is 2. The Morgan fingerprint density at radius 3 is 1.91 bits per heavy atom. The lowest BCUT2D eigenvalue weighted by Crippen LogP contribution is -2.40. The van der Waals surface area contributed by atoms with E-state index in [4.69, 9.17) is 0 Å². The van der Waals surface area contributed by atoms with Gasteiger partial charge in [0.25, 0.3) is 0 Å². The number of nitrogens with zero attached hydrogens (tertiary/aromatic N) is 1. The van der Waals surface area contributed by atoms with Crippen molar-refractivity contribution in [1.82, 2.24) is 0 Å². The standard InChI is InChI=1S/C19H18BrNO2/c1-8-5-10(20)6-9(2)17(8)21-18(22)15-11-3-4-12(14-7-13(11)14)16(15)19(21)23/h3-6,11-16H,7H2,1-2H3/t11-,12-,13-,14+,15-,16+/m0/s1. The number of hydrogen-bond donors (Lipinski definition) is 0. The Morgan fingerprint density at radius 2 is 1.43 bits per heavy atom. The molecule has 23 heavy (non-hydrogen) atoms. The molecule has 6 atom stereocenters. The SMILES string of the molecule is Cc1cc(Br)cc(C)c1N1C(=O)[C@@H]2[C@H]3C=C[C@@H]([C@@H]4C[C@H]34)[C@@H]2C1=O. The van der Waals surface area contributed by atoms with Crippen molar-refractivity contribution in [2.45, 2.75) is 20.3 Å². The minimum absolute atomic E-state index is 0.0261. The largest absolute Gasteiger partial charge is 0.274 e. The third-order valence-electron chi connectivity index (χ3n) is 6.34. The second-order valence-electron chi connectivity index (χ2n) is 7.55. The summed E-state index contributed by atoms with van der Waals surface area (Å²) in [6.07, 6.45) is 5.64. The predicted molar refractivity (Wildman–Crippen MR) is 90.8 cm³/mol. The van der Waals surface area contributed by atoms with Gasteiger partial charge in [0.15, 0.2) is 0 Å². The van der Waals surface area contributed by atoms with Crippen LogP contribution in [0.5, 0.6) is 0 Å². The van der Waals surface area contributed by atoms with E-state index in [1.54, 1.807) is 0 Å². The van der Waals surface area contributed by atoms with Crippen LogP contribution in [-0.2, 0) is 9.59 Å². The molecule has 1 saturated heterocycles. The van der Waals surface area contributed by atoms with Crippen LogP contribution >= 0.6 is 15.9 Å². The number of allylic oxidation sites excluding steroid dienone is 2. The van der Waals surface area contributed by atoms with Gasteiger partial charge < -0.3 is 0 Å². The third kappa shape index (κ3) is 1.65. The summed E-state index contributed by atoms with van der Waals surface area (Å²) in [5, 5.41) is 0. The smallest absolute Gasteiger partial charge is 0.238 e. The van der Waals surface area contributed by atoms with Crippen LogP contribution in [0.3, 0.4) is 0 Å². The summed E-state index contributed by atoms with van der Waals surface area (Å²) in [6, 6.07) is 3.96. The van der Waals surface area contributed by atoms with Gasteiger partial charge in [-0.25, -0.2) is 4.90 Å². The molecular formula is C19H18BrNO2. The Bertz CT molecular complexity index is 740. The third-order valence-corrected chi connectivity index (χ3v) is 6.80. The van der Waals surface area contributed by atoms with E-state index in [9.17, 15) is 9.59 Å². The van der Waals surface area contributed by atoms with Crippen molar-refractivity contribution >= 4 is 33.4 Å². The van der Waals surface area contributed by atoms with Gasteiger partial charge in [-0.05, 0) is 67.2 Å². The number of aryl methyl sites for hydroxylation is 2. The van der Waals surface area contributed by atoms with Crippen molar-refractivity contribution in [3.8, 4) is 0 Å². The number of carbonyl (C=O) groups excluding carboxylic acids is 2. The van der Waals surface area contributed by atoms with Gasteiger partial charge in [0.2, 0.25) is 11.8 Å². The molecule has 1 aliphatic heterocycles. The van der Waals surface area contributed by atoms with E-state index >= 15 is 0 Å². The minimum atomic E-state index is -0.122. The van der Waals surface area contributed by atoms with E-state index in [0.717, 1.165) is 21.3 Å². The molecule has 2 saturated carbocycles. The summed E-state index contributed by atoms with van der Waals surface area (Å²) < 4.78 is 0.982. The molecule has 3 nitrogen and oxygen atoms in total. The van der Waals surface area contributed by atoms with Gasteiger partial charge in [0.05, 0.1) is 17.5 Å². The van der Waals surface area contributed by atoms with Gasteiger partial charge in [0.1, 0.15) is 0 Å². The fourth-order valence-corrected chi connectivity index (χ4v) is 6.12. The number of hydrogen-bond acceptors (Lipinski definition) is 2. The van der Waals surface area contributed by atoms with Gasteiger partial charge in [-0.1, -0.05) is 28.1 Å². The van der Waals surface area contributed by atoms with Crippen LogP contribution in [0.1, 0.15) is 17.5 Å². The molecule has 3 fully saturated rings. The van der Waals surface area contributed by atoms with Crippen LogP contribution in [0.15, 0.2) is 28.8 Å². The second-order valence-corrected chi connectivity index (χ2v) is 8.47. The number of imide groups is 1. The molecule has 0 unspecified atom stereocenters. The van der Waals surface area contributed by atoms with Gasteiger partial charge in [-0.3, -0.25) is 9.59 Å². The first kappa shape index (κ1) is 14.0. The zero-order valence-electron chi connectivity index (χ0n) is 13.1. The Hall–Kier alpha value is -1.42. The summed E-state index contributed by atoms with van der Waals surface area (Å²) in [5.74, 6) is 1.67. The van der Waals surface area contributed by atoms with Gasteiger partial charge >= 0.3 is 0 Å². The number of halogens is 1. The van der Waals surface area contributed by atoms with Crippen LogP contribution in [0.4, 0.5) is 5.69 Å². The lowest BCUT2D eigenvalue weighted by molar-refractivity contribution is -0.124. The fraction of sp³-hybridized carbons (Fsp3) is 0.474. The quantitative estimate of drug-likeness (QED) is 0.558. The Kier molecular flexibility index (Phi) is 2.64. The van der Waals surface area contributed by atoms with E-state index in [1.165, 1.54) is 11.3 Å². The normalized spacial score (nSPS) is 39.7. The average molecular weight is 372 g/mol. The summed E-state index contributed by atoms with van der Waals surface area (Å²) in [4.78, 5) is 27.8. The molecule has 0 radical (unpaired) electrons. The van der Waals surface area contributed by atoms with Crippen LogP contribution in [0.2, 0.25) is 0 Å². The highest BCUT2D eigenvalue weighted by molar-refractivity contribution is 9.10. The molecule has 1 aromatic rings. The number of anilines is 1. The summed E-state index contributed by atoms with van der Waals surface area (Å²) in [7, 11) is 0. The molecule has 1 heterocycles. The van der Waals surface area contributed by atoms with E-state index in [1.807, 2.05) is 26.0 Å². The Labute approximate surface area is 143 Å². The number of rotatable bonds is 1.